The number of benzene rings is 2. The Hall–Kier alpha value is -3.04. The largest absolute Gasteiger partial charge is 0.325 e. The van der Waals surface area contributed by atoms with Crippen LogP contribution in [0.4, 0.5) is 10.1 Å². The van der Waals surface area contributed by atoms with Crippen LogP contribution in [0.2, 0.25) is 0 Å². The highest BCUT2D eigenvalue weighted by molar-refractivity contribution is 8.14. The molecule has 9 heteroatoms. The monoisotopic (exact) mass is 466 g/mol. The van der Waals surface area contributed by atoms with Gasteiger partial charge in [-0.15, -0.1) is 0 Å². The summed E-state index contributed by atoms with van der Waals surface area (Å²) in [4.78, 5) is 14.5. The fourth-order valence-corrected chi connectivity index (χ4v) is 5.31. The number of rotatable bonds is 4. The normalized spacial score (nSPS) is 23.2. The van der Waals surface area contributed by atoms with Gasteiger partial charge in [0.1, 0.15) is 12.0 Å². The molecule has 0 bridgehead atoms. The summed E-state index contributed by atoms with van der Waals surface area (Å²) in [6, 6.07) is 11.4. The zero-order valence-corrected chi connectivity index (χ0v) is 19.6. The molecule has 1 fully saturated rings. The predicted octanol–water partition coefficient (Wildman–Crippen LogP) is 3.73. The second-order valence-corrected chi connectivity index (χ2v) is 9.66. The van der Waals surface area contributed by atoms with Gasteiger partial charge in [0.25, 0.3) is 0 Å². The standard InChI is InChI=1S/C24H27FN6OS/c1-14-4-5-15(2)18(10-14)20-12-21-23-27-28-24(30(23)8-9-31(21)29-20)33-13-22(32)26-19-11-17(25)7-6-16(19)3/h4-11,20-21,23,27,29H,12-13H2,1-3H3,(H,26,32). The molecule has 3 N–H and O–H groups in total. The van der Waals surface area contributed by atoms with Crippen molar-refractivity contribution in [3.8, 4) is 0 Å². The minimum atomic E-state index is -0.372. The zero-order chi connectivity index (χ0) is 23.1. The lowest BCUT2D eigenvalue weighted by Gasteiger charge is -2.36. The van der Waals surface area contributed by atoms with Gasteiger partial charge in [-0.25, -0.2) is 9.82 Å². The lowest BCUT2D eigenvalue weighted by atomic mass is 9.95. The van der Waals surface area contributed by atoms with Crippen LogP contribution in [0.15, 0.2) is 53.9 Å². The molecule has 0 aliphatic carbocycles. The van der Waals surface area contributed by atoms with E-state index in [-0.39, 0.29) is 35.7 Å². The van der Waals surface area contributed by atoms with Gasteiger partial charge in [0.15, 0.2) is 5.17 Å². The number of carbonyl (C=O) groups excluding carboxylic acids is 1. The first-order chi connectivity index (χ1) is 15.9. The molecule has 3 unspecified atom stereocenters. The van der Waals surface area contributed by atoms with E-state index in [0.717, 1.165) is 17.2 Å². The van der Waals surface area contributed by atoms with Gasteiger partial charge in [0.2, 0.25) is 5.91 Å². The smallest absolute Gasteiger partial charge is 0.234 e. The Balaban J connectivity index is 1.21. The van der Waals surface area contributed by atoms with Crippen LogP contribution in [0.1, 0.15) is 34.7 Å². The maximum atomic E-state index is 13.5. The summed E-state index contributed by atoms with van der Waals surface area (Å²) in [5, 5.41) is 10.2. The van der Waals surface area contributed by atoms with Crippen molar-refractivity contribution in [2.45, 2.75) is 45.4 Å². The zero-order valence-electron chi connectivity index (χ0n) is 18.8. The van der Waals surface area contributed by atoms with E-state index in [4.69, 9.17) is 0 Å². The molecule has 5 rings (SSSR count). The Morgan fingerprint density at radius 3 is 2.85 bits per heavy atom. The second kappa shape index (κ2) is 8.72. The number of nitrogens with zero attached hydrogens (tertiary/aromatic N) is 3. The number of thioether (sulfide) groups is 1. The Bertz CT molecular complexity index is 1150. The van der Waals surface area contributed by atoms with Crippen LogP contribution in [0, 0.1) is 26.6 Å². The SMILES string of the molecule is Cc1ccc(C)c(C2CC3C4NN=C(SCC(=O)Nc5cc(F)ccc5C)N4C=CN3N2)c1. The van der Waals surface area contributed by atoms with Crippen LogP contribution in [0.3, 0.4) is 0 Å². The maximum Gasteiger partial charge on any atom is 0.234 e. The number of hydrazine groups is 1. The molecule has 3 heterocycles. The van der Waals surface area contributed by atoms with Gasteiger partial charge in [0, 0.05) is 18.1 Å². The van der Waals surface area contributed by atoms with Crippen LogP contribution in [-0.2, 0) is 4.79 Å². The fraction of sp³-hybridized carbons (Fsp3) is 0.333. The van der Waals surface area contributed by atoms with Gasteiger partial charge in [0.05, 0.1) is 17.8 Å². The summed E-state index contributed by atoms with van der Waals surface area (Å²) >= 11 is 1.36. The van der Waals surface area contributed by atoms with Crippen LogP contribution in [0.5, 0.6) is 0 Å². The molecule has 33 heavy (non-hydrogen) atoms. The van der Waals surface area contributed by atoms with Crippen molar-refractivity contribution >= 4 is 28.5 Å². The Morgan fingerprint density at radius 1 is 1.18 bits per heavy atom. The number of aryl methyl sites for hydroxylation is 3. The summed E-state index contributed by atoms with van der Waals surface area (Å²) in [5.41, 5.74) is 12.0. The van der Waals surface area contributed by atoms with E-state index < -0.39 is 0 Å². The maximum absolute atomic E-state index is 13.5. The molecule has 1 amide bonds. The van der Waals surface area contributed by atoms with Crippen LogP contribution < -0.4 is 16.2 Å². The topological polar surface area (TPSA) is 72.0 Å². The van der Waals surface area contributed by atoms with Crippen molar-refractivity contribution in [3.05, 3.63) is 76.9 Å². The number of hydrogen-bond donors (Lipinski definition) is 3. The molecule has 3 atom stereocenters. The van der Waals surface area contributed by atoms with Gasteiger partial charge >= 0.3 is 0 Å². The minimum Gasteiger partial charge on any atom is -0.325 e. The van der Waals surface area contributed by atoms with E-state index in [1.165, 1.54) is 40.6 Å². The van der Waals surface area contributed by atoms with E-state index in [1.807, 2.05) is 19.3 Å². The molecule has 172 valence electrons. The molecule has 0 radical (unpaired) electrons. The number of halogens is 1. The quantitative estimate of drug-likeness (QED) is 0.638. The highest BCUT2D eigenvalue weighted by Crippen LogP contribution is 2.36. The predicted molar refractivity (Wildman–Crippen MR) is 130 cm³/mol. The molecule has 3 aliphatic rings. The first kappa shape index (κ1) is 21.8. The van der Waals surface area contributed by atoms with Crippen LogP contribution >= 0.6 is 11.8 Å². The lowest BCUT2D eigenvalue weighted by Crippen LogP contribution is -2.54. The van der Waals surface area contributed by atoms with Gasteiger partial charge in [-0.1, -0.05) is 41.6 Å². The molecule has 0 aromatic heterocycles. The van der Waals surface area contributed by atoms with Crippen molar-refractivity contribution in [3.63, 3.8) is 0 Å². The van der Waals surface area contributed by atoms with Crippen molar-refractivity contribution in [1.29, 1.82) is 0 Å². The number of amidine groups is 1. The van der Waals surface area contributed by atoms with Gasteiger partial charge in [-0.05, 0) is 56.0 Å². The molecular formula is C24H27FN6OS. The van der Waals surface area contributed by atoms with E-state index >= 15 is 0 Å². The van der Waals surface area contributed by atoms with E-state index in [1.54, 1.807) is 6.07 Å². The van der Waals surface area contributed by atoms with Crippen LogP contribution in [-0.4, -0.2) is 38.9 Å². The molecule has 0 saturated carbocycles. The molecule has 7 nitrogen and oxygen atoms in total. The molecule has 2 aromatic carbocycles. The second-order valence-electron chi connectivity index (χ2n) is 8.72. The van der Waals surface area contributed by atoms with Gasteiger partial charge in [-0.2, -0.15) is 5.10 Å². The third kappa shape index (κ3) is 4.30. The number of hydrogen-bond acceptors (Lipinski definition) is 7. The Kier molecular flexibility index (Phi) is 5.76. The molecule has 3 aliphatic heterocycles. The van der Waals surface area contributed by atoms with Crippen molar-refractivity contribution in [2.75, 3.05) is 11.1 Å². The first-order valence-electron chi connectivity index (χ1n) is 11.0. The number of anilines is 1. The molecule has 2 aromatic rings. The third-order valence-electron chi connectivity index (χ3n) is 6.32. The van der Waals surface area contributed by atoms with Crippen molar-refractivity contribution < 1.29 is 9.18 Å². The number of carbonyl (C=O) groups is 1. The summed E-state index contributed by atoms with van der Waals surface area (Å²) in [6.45, 7) is 6.11. The average molecular weight is 467 g/mol. The van der Waals surface area contributed by atoms with Gasteiger partial charge < -0.3 is 15.2 Å². The number of hydrazone groups is 1. The number of fused-ring (bicyclic) bond motifs is 3. The highest BCUT2D eigenvalue weighted by atomic mass is 32.2. The van der Waals surface area contributed by atoms with Crippen molar-refractivity contribution in [2.24, 2.45) is 5.10 Å². The Labute approximate surface area is 197 Å². The van der Waals surface area contributed by atoms with Gasteiger partial charge in [-0.3, -0.25) is 10.2 Å². The molecule has 0 spiro atoms. The fourth-order valence-electron chi connectivity index (χ4n) is 4.53. The van der Waals surface area contributed by atoms with Crippen LogP contribution in [0.25, 0.3) is 0 Å². The summed E-state index contributed by atoms with van der Waals surface area (Å²) in [5.74, 6) is -0.381. The summed E-state index contributed by atoms with van der Waals surface area (Å²) in [6.07, 6.45) is 4.95. The molecule has 1 saturated heterocycles. The minimum absolute atomic E-state index is 0.00589. The summed E-state index contributed by atoms with van der Waals surface area (Å²) < 4.78 is 13.5. The lowest BCUT2D eigenvalue weighted by molar-refractivity contribution is -0.113. The van der Waals surface area contributed by atoms with E-state index in [2.05, 4.69) is 63.2 Å². The van der Waals surface area contributed by atoms with E-state index in [0.29, 0.717) is 5.69 Å². The number of amides is 1. The number of nitrogens with one attached hydrogen (secondary N) is 3. The first-order valence-corrected chi connectivity index (χ1v) is 12.0. The summed E-state index contributed by atoms with van der Waals surface area (Å²) in [7, 11) is 0. The van der Waals surface area contributed by atoms with E-state index in [9.17, 15) is 9.18 Å². The average Bonchev–Trinajstić information content (AvgIpc) is 3.40. The molecular weight excluding hydrogens is 439 g/mol. The Morgan fingerprint density at radius 2 is 2.00 bits per heavy atom. The van der Waals surface area contributed by atoms with Crippen molar-refractivity contribution in [1.82, 2.24) is 20.8 Å². The third-order valence-corrected chi connectivity index (χ3v) is 7.29. The highest BCUT2D eigenvalue weighted by Gasteiger charge is 2.44.